The third-order valence-electron chi connectivity index (χ3n) is 2.85. The number of aryl methyl sites for hydroxylation is 1. The van der Waals surface area contributed by atoms with Crippen molar-refractivity contribution in [1.82, 2.24) is 0 Å². The molecule has 0 atom stereocenters. The molecular weight excluding hydrogens is 365 g/mol. The zero-order chi connectivity index (χ0) is 15.7. The van der Waals surface area contributed by atoms with E-state index in [9.17, 15) is 13.2 Å². The summed E-state index contributed by atoms with van der Waals surface area (Å²) in [6.07, 6.45) is 0. The van der Waals surface area contributed by atoms with Crippen molar-refractivity contribution in [2.24, 2.45) is 5.73 Å². The molecule has 7 heteroatoms. The van der Waals surface area contributed by atoms with E-state index in [1.807, 2.05) is 0 Å². The maximum absolute atomic E-state index is 13.9. The topological polar surface area (TPSA) is 38.0 Å². The van der Waals surface area contributed by atoms with Gasteiger partial charge in [-0.3, -0.25) is 0 Å². The smallest absolute Gasteiger partial charge is 0.150 e. The summed E-state index contributed by atoms with van der Waals surface area (Å²) in [7, 11) is 0. The van der Waals surface area contributed by atoms with Crippen molar-refractivity contribution in [2.45, 2.75) is 6.92 Å². The number of benzene rings is 2. The number of halogens is 4. The highest BCUT2D eigenvalue weighted by atomic mass is 79.9. The lowest BCUT2D eigenvalue weighted by atomic mass is 10.1. The van der Waals surface area contributed by atoms with Crippen LogP contribution in [-0.4, -0.2) is 4.99 Å². The predicted molar refractivity (Wildman–Crippen MR) is 84.4 cm³/mol. The van der Waals surface area contributed by atoms with Crippen LogP contribution in [-0.2, 0) is 0 Å². The average Bonchev–Trinajstić information content (AvgIpc) is 2.39. The van der Waals surface area contributed by atoms with Crippen molar-refractivity contribution < 1.29 is 13.2 Å². The number of nitrogens with one attached hydrogen (secondary N) is 1. The van der Waals surface area contributed by atoms with E-state index in [4.69, 9.17) is 5.73 Å². The van der Waals surface area contributed by atoms with Crippen molar-refractivity contribution in [3.63, 3.8) is 0 Å². The van der Waals surface area contributed by atoms with Gasteiger partial charge in [0.05, 0.1) is 4.47 Å². The van der Waals surface area contributed by atoms with E-state index in [2.05, 4.69) is 33.5 Å². The number of hydrogen-bond acceptors (Lipinski definition) is 2. The van der Waals surface area contributed by atoms with Crippen molar-refractivity contribution in [3.8, 4) is 0 Å². The molecule has 0 fully saturated rings. The van der Waals surface area contributed by atoms with Gasteiger partial charge in [0, 0.05) is 11.3 Å². The Morgan fingerprint density at radius 2 is 1.67 bits per heavy atom. The quantitative estimate of drug-likeness (QED) is 0.773. The second kappa shape index (κ2) is 6.03. The van der Waals surface area contributed by atoms with Crippen molar-refractivity contribution in [1.29, 1.82) is 0 Å². The fourth-order valence-electron chi connectivity index (χ4n) is 1.75. The molecule has 0 aromatic heterocycles. The zero-order valence-corrected chi connectivity index (χ0v) is 13.2. The summed E-state index contributed by atoms with van der Waals surface area (Å²) in [5.41, 5.74) is 5.92. The Labute approximate surface area is 133 Å². The number of hydrogen-bond donors (Lipinski definition) is 2. The van der Waals surface area contributed by atoms with Crippen LogP contribution < -0.4 is 11.1 Å². The van der Waals surface area contributed by atoms with Crippen LogP contribution in [0.1, 0.15) is 11.1 Å². The maximum atomic E-state index is 13.9. The molecule has 2 aromatic rings. The molecule has 0 unspecified atom stereocenters. The van der Waals surface area contributed by atoms with Gasteiger partial charge in [0.2, 0.25) is 0 Å². The zero-order valence-electron chi connectivity index (χ0n) is 10.8. The molecule has 0 saturated heterocycles. The molecule has 0 aliphatic rings. The highest BCUT2D eigenvalue weighted by molar-refractivity contribution is 9.10. The number of anilines is 2. The molecule has 0 spiro atoms. The average molecular weight is 375 g/mol. The molecular formula is C14H10BrF3N2S. The molecule has 2 aromatic carbocycles. The van der Waals surface area contributed by atoms with Crippen molar-refractivity contribution in [3.05, 3.63) is 57.3 Å². The monoisotopic (exact) mass is 374 g/mol. The molecule has 2 nitrogen and oxygen atoms in total. The Morgan fingerprint density at radius 1 is 1.10 bits per heavy atom. The van der Waals surface area contributed by atoms with E-state index >= 15 is 0 Å². The van der Waals surface area contributed by atoms with Crippen LogP contribution >= 0.6 is 28.1 Å². The van der Waals surface area contributed by atoms with Gasteiger partial charge in [-0.25, -0.2) is 13.2 Å². The van der Waals surface area contributed by atoms with Crippen LogP contribution in [0.4, 0.5) is 24.5 Å². The molecule has 3 N–H and O–H groups in total. The second-order valence-corrected chi connectivity index (χ2v) is 5.68. The second-order valence-electron chi connectivity index (χ2n) is 4.39. The summed E-state index contributed by atoms with van der Waals surface area (Å²) in [6, 6.07) is 4.72. The normalized spacial score (nSPS) is 10.5. The van der Waals surface area contributed by atoms with Crippen LogP contribution in [0.3, 0.4) is 0 Å². The van der Waals surface area contributed by atoms with E-state index in [1.54, 1.807) is 6.92 Å². The van der Waals surface area contributed by atoms with Gasteiger partial charge >= 0.3 is 0 Å². The van der Waals surface area contributed by atoms with E-state index in [-0.39, 0.29) is 26.4 Å². The van der Waals surface area contributed by atoms with Crippen LogP contribution in [0.2, 0.25) is 0 Å². The molecule has 110 valence electrons. The number of nitrogens with two attached hydrogens (primary N) is 1. The first-order valence-electron chi connectivity index (χ1n) is 5.81. The molecule has 2 rings (SSSR count). The molecule has 0 aliphatic carbocycles. The first kappa shape index (κ1) is 15.8. The first-order chi connectivity index (χ1) is 9.79. The first-order valence-corrected chi connectivity index (χ1v) is 7.01. The Morgan fingerprint density at radius 3 is 2.19 bits per heavy atom. The van der Waals surface area contributed by atoms with Crippen LogP contribution in [0.5, 0.6) is 0 Å². The minimum atomic E-state index is -0.861. The lowest BCUT2D eigenvalue weighted by Crippen LogP contribution is -2.11. The van der Waals surface area contributed by atoms with Crippen molar-refractivity contribution >= 4 is 44.5 Å². The molecule has 21 heavy (non-hydrogen) atoms. The minimum absolute atomic E-state index is 0.0873. The van der Waals surface area contributed by atoms with Crippen LogP contribution in [0.15, 0.2) is 28.7 Å². The molecule has 0 amide bonds. The standard InChI is InChI=1S/C14H10BrF3N2S/c1-6-2-8(15)9(16)5-12(6)20-13-10(17)3-7(14(19)21)4-11(13)18/h2-5,20H,1H3,(H2,19,21). The van der Waals surface area contributed by atoms with Gasteiger partial charge in [0.25, 0.3) is 0 Å². The number of rotatable bonds is 3. The fourth-order valence-corrected chi connectivity index (χ4v) is 2.33. The van der Waals surface area contributed by atoms with Gasteiger partial charge < -0.3 is 11.1 Å². The van der Waals surface area contributed by atoms with E-state index in [1.165, 1.54) is 6.07 Å². The van der Waals surface area contributed by atoms with E-state index in [0.717, 1.165) is 18.2 Å². The molecule has 0 heterocycles. The van der Waals surface area contributed by atoms with Gasteiger partial charge in [-0.05, 0) is 52.7 Å². The Kier molecular flexibility index (Phi) is 4.53. The van der Waals surface area contributed by atoms with Crippen LogP contribution in [0.25, 0.3) is 0 Å². The van der Waals surface area contributed by atoms with Gasteiger partial charge in [-0.15, -0.1) is 0 Å². The number of thiocarbonyl (C=S) groups is 1. The highest BCUT2D eigenvalue weighted by Crippen LogP contribution is 2.29. The van der Waals surface area contributed by atoms with E-state index in [0.29, 0.717) is 5.56 Å². The Balaban J connectivity index is 2.45. The Bertz CT molecular complexity index is 711. The largest absolute Gasteiger partial charge is 0.389 e. The van der Waals surface area contributed by atoms with Gasteiger partial charge in [0.1, 0.15) is 28.1 Å². The SMILES string of the molecule is Cc1cc(Br)c(F)cc1Nc1c(F)cc(C(N)=S)cc1F. The summed E-state index contributed by atoms with van der Waals surface area (Å²) in [5, 5.41) is 2.55. The lowest BCUT2D eigenvalue weighted by molar-refractivity contribution is 0.590. The van der Waals surface area contributed by atoms with E-state index < -0.39 is 17.5 Å². The summed E-state index contributed by atoms with van der Waals surface area (Å²) < 4.78 is 41.7. The Hall–Kier alpha value is -1.60. The summed E-state index contributed by atoms with van der Waals surface area (Å²) >= 11 is 7.72. The van der Waals surface area contributed by atoms with Crippen LogP contribution in [0, 0.1) is 24.4 Å². The maximum Gasteiger partial charge on any atom is 0.150 e. The summed E-state index contributed by atoms with van der Waals surface area (Å²) in [6.45, 7) is 1.69. The fraction of sp³-hybridized carbons (Fsp3) is 0.0714. The van der Waals surface area contributed by atoms with Crippen molar-refractivity contribution in [2.75, 3.05) is 5.32 Å². The van der Waals surface area contributed by atoms with Gasteiger partial charge in [-0.2, -0.15) is 0 Å². The minimum Gasteiger partial charge on any atom is -0.389 e. The third kappa shape index (κ3) is 3.36. The highest BCUT2D eigenvalue weighted by Gasteiger charge is 2.14. The predicted octanol–water partition coefficient (Wildman–Crippen LogP) is 4.55. The molecule has 0 aliphatic heterocycles. The van der Waals surface area contributed by atoms with Gasteiger partial charge in [0.15, 0.2) is 0 Å². The summed E-state index contributed by atoms with van der Waals surface area (Å²) in [4.78, 5) is -0.106. The third-order valence-corrected chi connectivity index (χ3v) is 3.70. The molecule has 0 saturated carbocycles. The molecule has 0 radical (unpaired) electrons. The summed E-state index contributed by atoms with van der Waals surface area (Å²) in [5.74, 6) is -2.26. The molecule has 0 bridgehead atoms. The lowest BCUT2D eigenvalue weighted by Gasteiger charge is -2.13. The van der Waals surface area contributed by atoms with Gasteiger partial charge in [-0.1, -0.05) is 12.2 Å².